The van der Waals surface area contributed by atoms with Gasteiger partial charge in [0.1, 0.15) is 11.8 Å². The molecule has 0 bridgehead atoms. The lowest BCUT2D eigenvalue weighted by molar-refractivity contribution is -0.138. The number of nitrogens with zero attached hydrogens (tertiary/aromatic N) is 1. The molecule has 0 aliphatic rings. The summed E-state index contributed by atoms with van der Waals surface area (Å²) in [5, 5.41) is 3.52. The Bertz CT molecular complexity index is 845. The highest BCUT2D eigenvalue weighted by Gasteiger charge is 2.26. The van der Waals surface area contributed by atoms with Crippen molar-refractivity contribution >= 4 is 35.2 Å². The number of thioether (sulfide) groups is 1. The summed E-state index contributed by atoms with van der Waals surface area (Å²) in [6.07, 6.45) is 1.91. The topological polar surface area (TPSA) is 58.6 Å². The number of benzene rings is 2. The first kappa shape index (κ1) is 25.1. The van der Waals surface area contributed by atoms with Crippen molar-refractivity contribution in [1.82, 2.24) is 10.2 Å². The van der Waals surface area contributed by atoms with Gasteiger partial charge < -0.3 is 15.0 Å². The summed E-state index contributed by atoms with van der Waals surface area (Å²) >= 11 is 7.84. The predicted molar refractivity (Wildman–Crippen MR) is 129 cm³/mol. The van der Waals surface area contributed by atoms with Crippen LogP contribution in [0.4, 0.5) is 0 Å². The van der Waals surface area contributed by atoms with Crippen LogP contribution in [0.3, 0.4) is 0 Å². The van der Waals surface area contributed by atoms with Crippen molar-refractivity contribution in [2.45, 2.75) is 45.0 Å². The Morgan fingerprint density at radius 2 is 1.87 bits per heavy atom. The first-order valence-corrected chi connectivity index (χ1v) is 12.0. The molecule has 2 aromatic carbocycles. The summed E-state index contributed by atoms with van der Waals surface area (Å²) in [5.41, 5.74) is 1.94. The Morgan fingerprint density at radius 3 is 2.52 bits per heavy atom. The van der Waals surface area contributed by atoms with Crippen LogP contribution in [0, 0.1) is 0 Å². The Hall–Kier alpha value is -2.18. The lowest BCUT2D eigenvalue weighted by atomic mass is 10.1. The molecule has 0 aromatic heterocycles. The van der Waals surface area contributed by atoms with Crippen LogP contribution in [0.1, 0.15) is 37.8 Å². The Labute approximate surface area is 194 Å². The smallest absolute Gasteiger partial charge is 0.242 e. The maximum Gasteiger partial charge on any atom is 0.242 e. The standard InChI is InChI=1S/C24H31ClN2O3S/c1-4-5-14-26-24(29)18(2)27(15-20-8-6-7-9-22(20)25)23(28)17-31-16-19-10-12-21(30-3)13-11-19/h6-13,18H,4-5,14-17H2,1-3H3,(H,26,29)/t18-/m0/s1. The van der Waals surface area contributed by atoms with Crippen LogP contribution < -0.4 is 10.1 Å². The van der Waals surface area contributed by atoms with E-state index in [0.29, 0.717) is 23.9 Å². The monoisotopic (exact) mass is 462 g/mol. The van der Waals surface area contributed by atoms with Crippen molar-refractivity contribution in [3.05, 3.63) is 64.7 Å². The molecular weight excluding hydrogens is 432 g/mol. The zero-order valence-electron chi connectivity index (χ0n) is 18.4. The lowest BCUT2D eigenvalue weighted by Gasteiger charge is -2.29. The van der Waals surface area contributed by atoms with Crippen LogP contribution in [0.2, 0.25) is 5.02 Å². The van der Waals surface area contributed by atoms with Gasteiger partial charge in [0.15, 0.2) is 0 Å². The number of nitrogens with one attached hydrogen (secondary N) is 1. The van der Waals surface area contributed by atoms with Crippen molar-refractivity contribution in [3.8, 4) is 5.75 Å². The molecule has 0 spiro atoms. The third-order valence-corrected chi connectivity index (χ3v) is 6.31. The SMILES string of the molecule is CCCCNC(=O)[C@H](C)N(Cc1ccccc1Cl)C(=O)CSCc1ccc(OC)cc1. The number of ether oxygens (including phenoxy) is 1. The predicted octanol–water partition coefficient (Wildman–Crippen LogP) is 4.92. The summed E-state index contributed by atoms with van der Waals surface area (Å²) in [6.45, 7) is 4.75. The van der Waals surface area contributed by atoms with Gasteiger partial charge in [-0.05, 0) is 42.7 Å². The van der Waals surface area contributed by atoms with E-state index in [9.17, 15) is 9.59 Å². The summed E-state index contributed by atoms with van der Waals surface area (Å²) in [7, 11) is 1.63. The number of unbranched alkanes of at least 4 members (excludes halogenated alkanes) is 1. The van der Waals surface area contributed by atoms with E-state index >= 15 is 0 Å². The molecule has 168 valence electrons. The Kier molecular flexibility index (Phi) is 10.7. The average molecular weight is 463 g/mol. The lowest BCUT2D eigenvalue weighted by Crippen LogP contribution is -2.48. The molecule has 5 nitrogen and oxygen atoms in total. The van der Waals surface area contributed by atoms with Crippen molar-refractivity contribution < 1.29 is 14.3 Å². The normalized spacial score (nSPS) is 11.6. The van der Waals surface area contributed by atoms with Crippen molar-refractivity contribution in [2.75, 3.05) is 19.4 Å². The molecule has 2 aromatic rings. The number of hydrogen-bond donors (Lipinski definition) is 1. The fourth-order valence-corrected chi connectivity index (χ4v) is 4.06. The van der Waals surface area contributed by atoms with Crippen LogP contribution in [0.5, 0.6) is 5.75 Å². The maximum absolute atomic E-state index is 13.1. The summed E-state index contributed by atoms with van der Waals surface area (Å²) < 4.78 is 5.18. The number of carbonyl (C=O) groups excluding carboxylic acids is 2. The Morgan fingerprint density at radius 1 is 1.16 bits per heavy atom. The number of carbonyl (C=O) groups is 2. The second-order valence-corrected chi connectivity index (χ2v) is 8.67. The molecule has 0 fully saturated rings. The highest BCUT2D eigenvalue weighted by Crippen LogP contribution is 2.21. The number of amides is 2. The molecule has 0 heterocycles. The summed E-state index contributed by atoms with van der Waals surface area (Å²) in [6, 6.07) is 14.6. The summed E-state index contributed by atoms with van der Waals surface area (Å²) in [5.74, 6) is 1.56. The van der Waals surface area contributed by atoms with E-state index < -0.39 is 6.04 Å². The van der Waals surface area contributed by atoms with Gasteiger partial charge in [-0.1, -0.05) is 55.3 Å². The third-order valence-electron chi connectivity index (χ3n) is 4.95. The number of hydrogen-bond acceptors (Lipinski definition) is 4. The van der Waals surface area contributed by atoms with Gasteiger partial charge >= 0.3 is 0 Å². The average Bonchev–Trinajstić information content (AvgIpc) is 2.78. The minimum absolute atomic E-state index is 0.0865. The molecule has 0 saturated heterocycles. The van der Waals surface area contributed by atoms with E-state index in [4.69, 9.17) is 16.3 Å². The summed E-state index contributed by atoms with van der Waals surface area (Å²) in [4.78, 5) is 27.3. The number of methoxy groups -OCH3 is 1. The third kappa shape index (κ3) is 8.11. The first-order valence-electron chi connectivity index (χ1n) is 10.5. The van der Waals surface area contributed by atoms with Crippen LogP contribution in [0.25, 0.3) is 0 Å². The molecule has 0 aliphatic heterocycles. The van der Waals surface area contributed by atoms with Crippen LogP contribution in [0.15, 0.2) is 48.5 Å². The molecule has 7 heteroatoms. The van der Waals surface area contributed by atoms with Crippen LogP contribution in [-0.4, -0.2) is 42.2 Å². The maximum atomic E-state index is 13.1. The molecule has 2 rings (SSSR count). The van der Waals surface area contributed by atoms with Gasteiger partial charge in [-0.15, -0.1) is 11.8 Å². The minimum Gasteiger partial charge on any atom is -0.497 e. The second-order valence-electron chi connectivity index (χ2n) is 7.27. The van der Waals surface area contributed by atoms with Gasteiger partial charge in [0, 0.05) is 23.9 Å². The molecule has 0 aliphatic carbocycles. The fraction of sp³-hybridized carbons (Fsp3) is 0.417. The van der Waals surface area contributed by atoms with Gasteiger partial charge in [-0.3, -0.25) is 9.59 Å². The van der Waals surface area contributed by atoms with E-state index in [2.05, 4.69) is 12.2 Å². The van der Waals surface area contributed by atoms with Gasteiger partial charge in [-0.25, -0.2) is 0 Å². The molecule has 1 N–H and O–H groups in total. The Balaban J connectivity index is 2.03. The largest absolute Gasteiger partial charge is 0.497 e. The van der Waals surface area contributed by atoms with Crippen molar-refractivity contribution in [3.63, 3.8) is 0 Å². The molecule has 2 amide bonds. The molecule has 1 atom stereocenters. The van der Waals surface area contributed by atoms with E-state index in [0.717, 1.165) is 29.7 Å². The molecule has 0 unspecified atom stereocenters. The molecule has 0 saturated carbocycles. The minimum atomic E-state index is -0.581. The number of rotatable bonds is 12. The van der Waals surface area contributed by atoms with Crippen molar-refractivity contribution in [1.29, 1.82) is 0 Å². The molecule has 31 heavy (non-hydrogen) atoms. The van der Waals surface area contributed by atoms with E-state index in [1.807, 2.05) is 42.5 Å². The quantitative estimate of drug-likeness (QED) is 0.455. The fourth-order valence-electron chi connectivity index (χ4n) is 2.99. The zero-order chi connectivity index (χ0) is 22.6. The highest BCUT2D eigenvalue weighted by molar-refractivity contribution is 7.99. The number of halogens is 1. The molecule has 0 radical (unpaired) electrons. The van der Waals surface area contributed by atoms with Crippen molar-refractivity contribution in [2.24, 2.45) is 0 Å². The van der Waals surface area contributed by atoms with Crippen LogP contribution in [-0.2, 0) is 21.9 Å². The van der Waals surface area contributed by atoms with Gasteiger partial charge in [0.05, 0.1) is 12.9 Å². The van der Waals surface area contributed by atoms with E-state index in [1.54, 1.807) is 25.0 Å². The van der Waals surface area contributed by atoms with Crippen LogP contribution >= 0.6 is 23.4 Å². The second kappa shape index (κ2) is 13.3. The van der Waals surface area contributed by atoms with E-state index in [1.165, 1.54) is 11.8 Å². The molecular formula is C24H31ClN2O3S. The van der Waals surface area contributed by atoms with Gasteiger partial charge in [-0.2, -0.15) is 0 Å². The van der Waals surface area contributed by atoms with E-state index in [-0.39, 0.29) is 17.6 Å². The van der Waals surface area contributed by atoms with Gasteiger partial charge in [0.2, 0.25) is 11.8 Å². The first-order chi connectivity index (χ1) is 15.0. The zero-order valence-corrected chi connectivity index (χ0v) is 20.0. The highest BCUT2D eigenvalue weighted by atomic mass is 35.5. The van der Waals surface area contributed by atoms with Gasteiger partial charge in [0.25, 0.3) is 0 Å².